The van der Waals surface area contributed by atoms with Crippen LogP contribution in [0.1, 0.15) is 19.8 Å². The maximum Gasteiger partial charge on any atom is 0.0340 e. The minimum absolute atomic E-state index is 0.454. The van der Waals surface area contributed by atoms with E-state index in [9.17, 15) is 0 Å². The first kappa shape index (κ1) is 9.91. The Labute approximate surface area is 90.3 Å². The highest BCUT2D eigenvalue weighted by Crippen LogP contribution is 2.37. The van der Waals surface area contributed by atoms with E-state index in [2.05, 4.69) is 54.3 Å². The molecule has 1 fully saturated rings. The Hall–Kier alpha value is -0.630. The van der Waals surface area contributed by atoms with Gasteiger partial charge in [-0.15, -0.1) is 0 Å². The Morgan fingerprint density at radius 3 is 2.79 bits per heavy atom. The number of benzene rings is 1. The van der Waals surface area contributed by atoms with Crippen molar-refractivity contribution in [1.29, 1.82) is 0 Å². The van der Waals surface area contributed by atoms with Crippen molar-refractivity contribution in [3.63, 3.8) is 0 Å². The van der Waals surface area contributed by atoms with E-state index >= 15 is 0 Å². The van der Waals surface area contributed by atoms with Crippen LogP contribution < -0.4 is 5.32 Å². The summed E-state index contributed by atoms with van der Waals surface area (Å²) in [5.74, 6) is 1.33. The van der Waals surface area contributed by atoms with Crippen LogP contribution in [0.4, 0.5) is 5.69 Å². The number of anilines is 1. The molecule has 2 rings (SSSR count). The molecule has 1 nitrogen and oxygen atoms in total. The van der Waals surface area contributed by atoms with Crippen LogP contribution in [0.5, 0.6) is 0 Å². The van der Waals surface area contributed by atoms with Gasteiger partial charge in [-0.05, 0) is 37.7 Å². The second-order valence-electron chi connectivity index (χ2n) is 4.12. The molecule has 1 aliphatic heterocycles. The first-order valence-electron chi connectivity index (χ1n) is 5.21. The number of rotatable bonds is 3. The monoisotopic (exact) mass is 207 g/mol. The lowest BCUT2D eigenvalue weighted by atomic mass is 10.1. The molecule has 2 heteroatoms. The fraction of sp³-hybridized carbons (Fsp3) is 0.500. The summed E-state index contributed by atoms with van der Waals surface area (Å²) in [7, 11) is 0. The summed E-state index contributed by atoms with van der Waals surface area (Å²) in [5, 5.41) is 3.51. The summed E-state index contributed by atoms with van der Waals surface area (Å²) in [5.41, 5.74) is 1.24. The highest BCUT2D eigenvalue weighted by molar-refractivity contribution is 8.00. The van der Waals surface area contributed by atoms with Gasteiger partial charge in [-0.25, -0.2) is 0 Å². The summed E-state index contributed by atoms with van der Waals surface area (Å²) in [6.07, 6.45) is 2.72. The molecule has 0 spiro atoms. The first-order valence-corrected chi connectivity index (χ1v) is 6.20. The maximum absolute atomic E-state index is 3.51. The maximum atomic E-state index is 3.51. The molecule has 0 saturated carbocycles. The zero-order valence-corrected chi connectivity index (χ0v) is 9.44. The molecule has 76 valence electrons. The van der Waals surface area contributed by atoms with Crippen LogP contribution in [0.15, 0.2) is 30.3 Å². The van der Waals surface area contributed by atoms with Crippen molar-refractivity contribution in [2.45, 2.75) is 24.5 Å². The van der Waals surface area contributed by atoms with E-state index in [-0.39, 0.29) is 0 Å². The average molecular weight is 207 g/mol. The van der Waals surface area contributed by atoms with Gasteiger partial charge in [0.1, 0.15) is 0 Å². The lowest BCUT2D eigenvalue weighted by Gasteiger charge is -2.23. The van der Waals surface area contributed by atoms with Crippen LogP contribution in [0.25, 0.3) is 0 Å². The van der Waals surface area contributed by atoms with Gasteiger partial charge in [-0.2, -0.15) is 11.8 Å². The third-order valence-corrected chi connectivity index (χ3v) is 4.28. The largest absolute Gasteiger partial charge is 0.384 e. The fourth-order valence-electron chi connectivity index (χ4n) is 1.82. The van der Waals surface area contributed by atoms with Crippen molar-refractivity contribution in [1.82, 2.24) is 0 Å². The zero-order valence-electron chi connectivity index (χ0n) is 8.62. The molecule has 1 atom stereocenters. The summed E-state index contributed by atoms with van der Waals surface area (Å²) in [6, 6.07) is 10.5. The number of hydrogen-bond acceptors (Lipinski definition) is 2. The second kappa shape index (κ2) is 4.26. The lowest BCUT2D eigenvalue weighted by Crippen LogP contribution is -2.26. The van der Waals surface area contributed by atoms with Crippen LogP contribution in [-0.4, -0.2) is 17.0 Å². The van der Waals surface area contributed by atoms with Gasteiger partial charge in [0.05, 0.1) is 0 Å². The zero-order chi connectivity index (χ0) is 9.86. The minimum atomic E-state index is 0.454. The molecule has 0 aliphatic carbocycles. The smallest absolute Gasteiger partial charge is 0.0340 e. The van der Waals surface area contributed by atoms with E-state index in [1.54, 1.807) is 0 Å². The second-order valence-corrected chi connectivity index (χ2v) is 5.80. The molecule has 1 aromatic carbocycles. The molecule has 0 radical (unpaired) electrons. The van der Waals surface area contributed by atoms with E-state index < -0.39 is 0 Å². The van der Waals surface area contributed by atoms with E-state index in [1.165, 1.54) is 24.3 Å². The van der Waals surface area contributed by atoms with Gasteiger partial charge >= 0.3 is 0 Å². The van der Waals surface area contributed by atoms with Crippen molar-refractivity contribution in [2.75, 3.05) is 17.6 Å². The SMILES string of the molecule is CC1(CNc2ccccc2)CCCS1. The van der Waals surface area contributed by atoms with Gasteiger partial charge < -0.3 is 5.32 Å². The van der Waals surface area contributed by atoms with Crippen LogP contribution in [0.3, 0.4) is 0 Å². The highest BCUT2D eigenvalue weighted by Gasteiger charge is 2.28. The first-order chi connectivity index (χ1) is 6.79. The molecule has 0 aromatic heterocycles. The number of hydrogen-bond donors (Lipinski definition) is 1. The van der Waals surface area contributed by atoms with Gasteiger partial charge in [0.25, 0.3) is 0 Å². The van der Waals surface area contributed by atoms with Crippen molar-refractivity contribution in [3.8, 4) is 0 Å². The molecule has 0 amide bonds. The van der Waals surface area contributed by atoms with Gasteiger partial charge in [0.15, 0.2) is 0 Å². The average Bonchev–Trinajstić information content (AvgIpc) is 2.65. The van der Waals surface area contributed by atoms with Crippen LogP contribution >= 0.6 is 11.8 Å². The number of nitrogens with one attached hydrogen (secondary N) is 1. The Balaban J connectivity index is 1.88. The van der Waals surface area contributed by atoms with Crippen molar-refractivity contribution in [2.24, 2.45) is 0 Å². The minimum Gasteiger partial charge on any atom is -0.384 e. The van der Waals surface area contributed by atoms with E-state index in [0.29, 0.717) is 4.75 Å². The fourth-order valence-corrected chi connectivity index (χ4v) is 3.07. The molecule has 14 heavy (non-hydrogen) atoms. The Kier molecular flexibility index (Phi) is 3.02. The quantitative estimate of drug-likeness (QED) is 0.815. The summed E-state index contributed by atoms with van der Waals surface area (Å²) in [6.45, 7) is 3.45. The topological polar surface area (TPSA) is 12.0 Å². The highest BCUT2D eigenvalue weighted by atomic mass is 32.2. The van der Waals surface area contributed by atoms with Crippen molar-refractivity contribution in [3.05, 3.63) is 30.3 Å². The molecule has 1 aliphatic rings. The normalized spacial score (nSPS) is 26.4. The van der Waals surface area contributed by atoms with Gasteiger partial charge in [0.2, 0.25) is 0 Å². The third-order valence-electron chi connectivity index (χ3n) is 2.74. The Morgan fingerprint density at radius 1 is 1.36 bits per heavy atom. The van der Waals surface area contributed by atoms with Crippen molar-refractivity contribution < 1.29 is 0 Å². The third kappa shape index (κ3) is 2.44. The van der Waals surface area contributed by atoms with Crippen LogP contribution in [0.2, 0.25) is 0 Å². The summed E-state index contributed by atoms with van der Waals surface area (Å²) < 4.78 is 0.454. The van der Waals surface area contributed by atoms with E-state index in [1.807, 2.05) is 0 Å². The van der Waals surface area contributed by atoms with Gasteiger partial charge in [-0.1, -0.05) is 18.2 Å². The van der Waals surface area contributed by atoms with Gasteiger partial charge in [-0.3, -0.25) is 0 Å². The lowest BCUT2D eigenvalue weighted by molar-refractivity contribution is 0.635. The Morgan fingerprint density at radius 2 is 2.14 bits per heavy atom. The molecule has 0 bridgehead atoms. The standard InChI is InChI=1S/C12H17NS/c1-12(8-5-9-14-12)10-13-11-6-3-2-4-7-11/h2-4,6-7,13H,5,8-10H2,1H3. The number of thioether (sulfide) groups is 1. The molecule has 1 aromatic rings. The predicted octanol–water partition coefficient (Wildman–Crippen LogP) is 3.38. The van der Waals surface area contributed by atoms with E-state index in [4.69, 9.17) is 0 Å². The number of para-hydroxylation sites is 1. The summed E-state index contributed by atoms with van der Waals surface area (Å²) >= 11 is 2.10. The molecular formula is C12H17NS. The Bertz CT molecular complexity index is 278. The summed E-state index contributed by atoms with van der Waals surface area (Å²) in [4.78, 5) is 0. The van der Waals surface area contributed by atoms with Crippen molar-refractivity contribution >= 4 is 17.4 Å². The predicted molar refractivity (Wildman–Crippen MR) is 65.0 cm³/mol. The van der Waals surface area contributed by atoms with E-state index in [0.717, 1.165) is 6.54 Å². The molecular weight excluding hydrogens is 190 g/mol. The molecule has 1 saturated heterocycles. The molecule has 1 heterocycles. The van der Waals surface area contributed by atoms with Crippen LogP contribution in [0, 0.1) is 0 Å². The van der Waals surface area contributed by atoms with Crippen LogP contribution in [-0.2, 0) is 0 Å². The molecule has 1 N–H and O–H groups in total. The molecule has 1 unspecified atom stereocenters. The van der Waals surface area contributed by atoms with Gasteiger partial charge in [0, 0.05) is 17.0 Å².